The van der Waals surface area contributed by atoms with Gasteiger partial charge in [-0.05, 0) is 36.7 Å². The van der Waals surface area contributed by atoms with Crippen LogP contribution in [0.3, 0.4) is 0 Å². The topological polar surface area (TPSA) is 29.9 Å². The molecule has 1 heterocycles. The van der Waals surface area contributed by atoms with Crippen LogP contribution >= 0.6 is 0 Å². The second kappa shape index (κ2) is 4.94. The highest BCUT2D eigenvalue weighted by molar-refractivity contribution is 5.42. The molecule has 84 valence electrons. The van der Waals surface area contributed by atoms with Gasteiger partial charge in [0, 0.05) is 18.9 Å². The molecule has 0 radical (unpaired) electrons. The molecule has 1 N–H and O–H groups in total. The normalized spacial score (nSPS) is 10.6. The number of benzene rings is 1. The van der Waals surface area contributed by atoms with Crippen molar-refractivity contribution in [1.82, 2.24) is 15.1 Å². The van der Waals surface area contributed by atoms with Gasteiger partial charge in [-0.25, -0.2) is 4.68 Å². The van der Waals surface area contributed by atoms with Gasteiger partial charge in [-0.1, -0.05) is 19.1 Å². The number of aromatic nitrogens is 2. The van der Waals surface area contributed by atoms with E-state index in [4.69, 9.17) is 0 Å². The Morgan fingerprint density at radius 1 is 1.38 bits per heavy atom. The Hall–Kier alpha value is -1.61. The number of nitrogens with zero attached hydrogens (tertiary/aromatic N) is 2. The largest absolute Gasteiger partial charge is 0.313 e. The van der Waals surface area contributed by atoms with Gasteiger partial charge in [0.2, 0.25) is 0 Å². The minimum Gasteiger partial charge on any atom is -0.313 e. The molecule has 0 bridgehead atoms. The molecule has 0 spiro atoms. The van der Waals surface area contributed by atoms with E-state index >= 15 is 0 Å². The highest BCUT2D eigenvalue weighted by Gasteiger charge is 2.02. The zero-order valence-electron chi connectivity index (χ0n) is 9.77. The minimum atomic E-state index is 0.908. The molecule has 0 saturated heterocycles. The molecular formula is C13H17N3. The Bertz CT molecular complexity index is 446. The predicted octanol–water partition coefficient (Wildman–Crippen LogP) is 2.29. The molecule has 0 unspecified atom stereocenters. The molecule has 0 saturated carbocycles. The van der Waals surface area contributed by atoms with Gasteiger partial charge in [0.25, 0.3) is 0 Å². The molecule has 16 heavy (non-hydrogen) atoms. The zero-order valence-corrected chi connectivity index (χ0v) is 9.77. The van der Waals surface area contributed by atoms with E-state index in [9.17, 15) is 0 Å². The molecule has 1 aromatic heterocycles. The quantitative estimate of drug-likeness (QED) is 0.848. The first-order valence-electron chi connectivity index (χ1n) is 5.61. The Labute approximate surface area is 96.1 Å². The van der Waals surface area contributed by atoms with E-state index in [1.54, 1.807) is 6.20 Å². The van der Waals surface area contributed by atoms with Crippen LogP contribution in [0.25, 0.3) is 5.69 Å². The van der Waals surface area contributed by atoms with Gasteiger partial charge in [-0.2, -0.15) is 5.10 Å². The van der Waals surface area contributed by atoms with Gasteiger partial charge >= 0.3 is 0 Å². The summed E-state index contributed by atoms with van der Waals surface area (Å²) >= 11 is 0. The first-order valence-corrected chi connectivity index (χ1v) is 5.61. The lowest BCUT2D eigenvalue weighted by Gasteiger charge is -2.09. The van der Waals surface area contributed by atoms with Crippen molar-refractivity contribution in [2.45, 2.75) is 20.4 Å². The predicted molar refractivity (Wildman–Crippen MR) is 65.7 cm³/mol. The van der Waals surface area contributed by atoms with E-state index in [-0.39, 0.29) is 0 Å². The molecule has 1 aromatic carbocycles. The molecule has 2 rings (SSSR count). The van der Waals surface area contributed by atoms with Crippen LogP contribution < -0.4 is 5.32 Å². The van der Waals surface area contributed by atoms with Gasteiger partial charge in [-0.15, -0.1) is 0 Å². The first-order chi connectivity index (χ1) is 7.81. The van der Waals surface area contributed by atoms with Crippen molar-refractivity contribution < 1.29 is 0 Å². The van der Waals surface area contributed by atoms with Crippen molar-refractivity contribution in [3.8, 4) is 5.69 Å². The van der Waals surface area contributed by atoms with Gasteiger partial charge in [0.05, 0.1) is 5.69 Å². The average Bonchev–Trinajstić information content (AvgIpc) is 2.81. The SMILES string of the molecule is CCNCc1ccc(C)c(-n2cccn2)c1. The van der Waals surface area contributed by atoms with Crippen LogP contribution in [0.4, 0.5) is 0 Å². The van der Waals surface area contributed by atoms with E-state index in [0.29, 0.717) is 0 Å². The van der Waals surface area contributed by atoms with Gasteiger partial charge in [-0.3, -0.25) is 0 Å². The van der Waals surface area contributed by atoms with Crippen LogP contribution in [0.15, 0.2) is 36.7 Å². The van der Waals surface area contributed by atoms with Crippen LogP contribution in [0.1, 0.15) is 18.1 Å². The molecular weight excluding hydrogens is 198 g/mol. The molecule has 0 atom stereocenters. The van der Waals surface area contributed by atoms with Crippen LogP contribution in [0.2, 0.25) is 0 Å². The number of aryl methyl sites for hydroxylation is 1. The van der Waals surface area contributed by atoms with E-state index < -0.39 is 0 Å². The number of hydrogen-bond donors (Lipinski definition) is 1. The van der Waals surface area contributed by atoms with E-state index in [0.717, 1.165) is 18.8 Å². The zero-order chi connectivity index (χ0) is 11.4. The van der Waals surface area contributed by atoms with E-state index in [1.165, 1.54) is 11.1 Å². The highest BCUT2D eigenvalue weighted by Crippen LogP contribution is 2.15. The molecule has 3 heteroatoms. The summed E-state index contributed by atoms with van der Waals surface area (Å²) in [6.07, 6.45) is 3.77. The highest BCUT2D eigenvalue weighted by atomic mass is 15.3. The maximum Gasteiger partial charge on any atom is 0.0677 e. The van der Waals surface area contributed by atoms with Gasteiger partial charge in [0.15, 0.2) is 0 Å². The smallest absolute Gasteiger partial charge is 0.0677 e. The number of hydrogen-bond acceptors (Lipinski definition) is 2. The summed E-state index contributed by atoms with van der Waals surface area (Å²) in [6, 6.07) is 8.43. The van der Waals surface area contributed by atoms with E-state index in [2.05, 4.69) is 42.5 Å². The molecule has 0 fully saturated rings. The second-order valence-electron chi connectivity index (χ2n) is 3.85. The fraction of sp³-hybridized carbons (Fsp3) is 0.308. The Morgan fingerprint density at radius 2 is 2.25 bits per heavy atom. The second-order valence-corrected chi connectivity index (χ2v) is 3.85. The van der Waals surface area contributed by atoms with Gasteiger partial charge < -0.3 is 5.32 Å². The van der Waals surface area contributed by atoms with E-state index in [1.807, 2.05) is 16.9 Å². The number of rotatable bonds is 4. The fourth-order valence-electron chi connectivity index (χ4n) is 1.69. The van der Waals surface area contributed by atoms with Gasteiger partial charge in [0.1, 0.15) is 0 Å². The first kappa shape index (κ1) is 10.9. The third-order valence-electron chi connectivity index (χ3n) is 2.60. The standard InChI is InChI=1S/C13H17N3/c1-3-14-10-12-6-5-11(2)13(9-12)16-8-4-7-15-16/h4-9,14H,3,10H2,1-2H3. The third-order valence-corrected chi connectivity index (χ3v) is 2.60. The summed E-state index contributed by atoms with van der Waals surface area (Å²) < 4.78 is 1.91. The Balaban J connectivity index is 2.30. The van der Waals surface area contributed by atoms with Crippen molar-refractivity contribution in [2.75, 3.05) is 6.54 Å². The number of nitrogens with one attached hydrogen (secondary N) is 1. The van der Waals surface area contributed by atoms with Crippen LogP contribution in [-0.2, 0) is 6.54 Å². The lowest BCUT2D eigenvalue weighted by Crippen LogP contribution is -2.12. The van der Waals surface area contributed by atoms with Crippen LogP contribution in [0, 0.1) is 6.92 Å². The van der Waals surface area contributed by atoms with Crippen molar-refractivity contribution in [1.29, 1.82) is 0 Å². The van der Waals surface area contributed by atoms with Crippen molar-refractivity contribution in [3.63, 3.8) is 0 Å². The molecule has 2 aromatic rings. The van der Waals surface area contributed by atoms with Crippen molar-refractivity contribution >= 4 is 0 Å². The molecule has 3 nitrogen and oxygen atoms in total. The molecule has 0 amide bonds. The lowest BCUT2D eigenvalue weighted by atomic mass is 10.1. The third kappa shape index (κ3) is 2.31. The molecule has 0 aliphatic carbocycles. The fourth-order valence-corrected chi connectivity index (χ4v) is 1.69. The minimum absolute atomic E-state index is 0.908. The van der Waals surface area contributed by atoms with Crippen LogP contribution in [-0.4, -0.2) is 16.3 Å². The monoisotopic (exact) mass is 215 g/mol. The summed E-state index contributed by atoms with van der Waals surface area (Å²) in [6.45, 7) is 6.12. The summed E-state index contributed by atoms with van der Waals surface area (Å²) in [7, 11) is 0. The summed E-state index contributed by atoms with van der Waals surface area (Å²) in [5.74, 6) is 0. The van der Waals surface area contributed by atoms with Crippen molar-refractivity contribution in [2.24, 2.45) is 0 Å². The molecule has 0 aliphatic rings. The summed E-state index contributed by atoms with van der Waals surface area (Å²) in [4.78, 5) is 0. The van der Waals surface area contributed by atoms with Crippen molar-refractivity contribution in [3.05, 3.63) is 47.8 Å². The summed E-state index contributed by atoms with van der Waals surface area (Å²) in [5, 5.41) is 7.59. The lowest BCUT2D eigenvalue weighted by molar-refractivity contribution is 0.725. The molecule has 0 aliphatic heterocycles. The maximum absolute atomic E-state index is 4.26. The van der Waals surface area contributed by atoms with Crippen LogP contribution in [0.5, 0.6) is 0 Å². The average molecular weight is 215 g/mol. The Kier molecular flexibility index (Phi) is 3.37. The maximum atomic E-state index is 4.26. The Morgan fingerprint density at radius 3 is 2.94 bits per heavy atom. The summed E-state index contributed by atoms with van der Waals surface area (Å²) in [5.41, 5.74) is 3.68.